The number of methoxy groups -OCH3 is 1. The van der Waals surface area contributed by atoms with Crippen molar-refractivity contribution in [1.29, 1.82) is 0 Å². The van der Waals surface area contributed by atoms with Gasteiger partial charge in [-0.3, -0.25) is 4.79 Å². The van der Waals surface area contributed by atoms with Crippen LogP contribution >= 0.6 is 0 Å². The van der Waals surface area contributed by atoms with Crippen LogP contribution in [0.15, 0.2) is 53.4 Å². The lowest BCUT2D eigenvalue weighted by molar-refractivity contribution is 0.102. The molecule has 25 heavy (non-hydrogen) atoms. The molecule has 2 aromatic rings. The molecule has 0 bridgehead atoms. The molecular weight excluding hydrogens is 340 g/mol. The third-order valence-electron chi connectivity index (χ3n) is 3.21. The largest absolute Gasteiger partial charge is 0.496 e. The number of para-hydroxylation sites is 1. The van der Waals surface area contributed by atoms with Crippen LogP contribution in [0.25, 0.3) is 0 Å². The smallest absolute Gasteiger partial charge is 0.259 e. The Balaban J connectivity index is 2.17. The highest BCUT2D eigenvalue weighted by molar-refractivity contribution is 7.89. The van der Waals surface area contributed by atoms with Crippen LogP contribution in [0.4, 0.5) is 5.69 Å². The molecule has 0 atom stereocenters. The Morgan fingerprint density at radius 3 is 2.16 bits per heavy atom. The Hall–Kier alpha value is -2.38. The molecule has 0 saturated carbocycles. The van der Waals surface area contributed by atoms with Gasteiger partial charge in [-0.25, -0.2) is 13.1 Å². The third kappa shape index (κ3) is 5.04. The van der Waals surface area contributed by atoms with Gasteiger partial charge in [-0.15, -0.1) is 0 Å². The van der Waals surface area contributed by atoms with Gasteiger partial charge in [0, 0.05) is 11.2 Å². The molecule has 0 heterocycles. The van der Waals surface area contributed by atoms with Gasteiger partial charge in [0.05, 0.1) is 17.6 Å². The Morgan fingerprint density at radius 2 is 1.60 bits per heavy atom. The minimum Gasteiger partial charge on any atom is -0.496 e. The van der Waals surface area contributed by atoms with Crippen LogP contribution in [-0.2, 0) is 10.0 Å². The van der Waals surface area contributed by atoms with Crippen molar-refractivity contribution >= 4 is 21.6 Å². The van der Waals surface area contributed by atoms with Crippen molar-refractivity contribution in [3.05, 3.63) is 54.1 Å². The zero-order valence-corrected chi connectivity index (χ0v) is 15.5. The molecular formula is C18H22N2O4S. The number of amides is 1. The molecule has 0 spiro atoms. The maximum atomic E-state index is 12.3. The van der Waals surface area contributed by atoms with Crippen molar-refractivity contribution in [1.82, 2.24) is 4.72 Å². The molecule has 0 aliphatic carbocycles. The predicted molar refractivity (Wildman–Crippen MR) is 97.5 cm³/mol. The van der Waals surface area contributed by atoms with Crippen LogP contribution in [0.5, 0.6) is 5.75 Å². The number of benzene rings is 2. The summed E-state index contributed by atoms with van der Waals surface area (Å²) in [4.78, 5) is 12.5. The van der Waals surface area contributed by atoms with Crippen molar-refractivity contribution in [3.8, 4) is 5.75 Å². The van der Waals surface area contributed by atoms with E-state index in [2.05, 4.69) is 10.0 Å². The molecule has 0 aliphatic rings. The quantitative estimate of drug-likeness (QED) is 0.856. The number of hydrogen-bond acceptors (Lipinski definition) is 4. The van der Waals surface area contributed by atoms with E-state index in [0.717, 1.165) is 0 Å². The van der Waals surface area contributed by atoms with E-state index in [1.54, 1.807) is 57.2 Å². The molecule has 0 radical (unpaired) electrons. The van der Waals surface area contributed by atoms with Gasteiger partial charge < -0.3 is 10.1 Å². The first-order chi connectivity index (χ1) is 11.6. The van der Waals surface area contributed by atoms with Crippen LogP contribution in [0.2, 0.25) is 0 Å². The maximum Gasteiger partial charge on any atom is 0.259 e. The zero-order valence-electron chi connectivity index (χ0n) is 14.7. The highest BCUT2D eigenvalue weighted by Crippen LogP contribution is 2.20. The molecule has 2 N–H and O–H groups in total. The van der Waals surface area contributed by atoms with Crippen LogP contribution in [0.3, 0.4) is 0 Å². The third-order valence-corrected chi connectivity index (χ3v) is 4.99. The molecule has 1 amide bonds. The number of carbonyl (C=O) groups excluding carboxylic acids is 1. The van der Waals surface area contributed by atoms with Crippen LogP contribution in [0.1, 0.15) is 31.1 Å². The summed E-state index contributed by atoms with van der Waals surface area (Å²) in [6, 6.07) is 12.9. The van der Waals surface area contributed by atoms with Crippen molar-refractivity contribution in [2.45, 2.75) is 31.2 Å². The Labute approximate surface area is 148 Å². The second-order valence-electron chi connectivity index (χ2n) is 6.53. The number of hydrogen-bond donors (Lipinski definition) is 2. The summed E-state index contributed by atoms with van der Waals surface area (Å²) in [6.45, 7) is 5.31. The van der Waals surface area contributed by atoms with Crippen molar-refractivity contribution < 1.29 is 17.9 Å². The normalized spacial score (nSPS) is 11.8. The van der Waals surface area contributed by atoms with Crippen molar-refractivity contribution in [2.75, 3.05) is 12.4 Å². The fourth-order valence-corrected chi connectivity index (χ4v) is 3.63. The molecule has 0 fully saturated rings. The second kappa shape index (κ2) is 7.25. The van der Waals surface area contributed by atoms with Gasteiger partial charge in [-0.1, -0.05) is 12.1 Å². The first-order valence-corrected chi connectivity index (χ1v) is 9.19. The van der Waals surface area contributed by atoms with Crippen molar-refractivity contribution in [2.24, 2.45) is 0 Å². The van der Waals surface area contributed by atoms with Gasteiger partial charge in [-0.05, 0) is 57.2 Å². The average molecular weight is 362 g/mol. The van der Waals surface area contributed by atoms with Crippen molar-refractivity contribution in [3.63, 3.8) is 0 Å². The monoisotopic (exact) mass is 362 g/mol. The summed E-state index contributed by atoms with van der Waals surface area (Å²) < 4.78 is 32.3. The summed E-state index contributed by atoms with van der Waals surface area (Å²) in [6.07, 6.45) is 0. The number of ether oxygens (including phenoxy) is 1. The first-order valence-electron chi connectivity index (χ1n) is 7.71. The van der Waals surface area contributed by atoms with E-state index < -0.39 is 15.6 Å². The standard InChI is InChI=1S/C18H22N2O4S/c1-18(2,3)20-25(22,23)14-11-9-13(10-12-14)19-17(21)15-7-5-6-8-16(15)24-4/h5-12,20H,1-4H3,(H,19,21). The molecule has 0 saturated heterocycles. The molecule has 134 valence electrons. The summed E-state index contributed by atoms with van der Waals surface area (Å²) in [5, 5.41) is 2.73. The lowest BCUT2D eigenvalue weighted by Gasteiger charge is -2.20. The van der Waals surface area contributed by atoms with E-state index in [0.29, 0.717) is 17.0 Å². The summed E-state index contributed by atoms with van der Waals surface area (Å²) in [7, 11) is -2.11. The van der Waals surface area contributed by atoms with Gasteiger partial charge in [0.1, 0.15) is 5.75 Å². The zero-order chi connectivity index (χ0) is 18.7. The minimum atomic E-state index is -3.61. The van der Waals surface area contributed by atoms with Gasteiger partial charge in [0.2, 0.25) is 10.0 Å². The van der Waals surface area contributed by atoms with Gasteiger partial charge in [-0.2, -0.15) is 0 Å². The minimum absolute atomic E-state index is 0.137. The van der Waals surface area contributed by atoms with E-state index in [1.165, 1.54) is 19.2 Å². The number of nitrogens with one attached hydrogen (secondary N) is 2. The average Bonchev–Trinajstić information content (AvgIpc) is 2.53. The number of carbonyl (C=O) groups is 1. The number of sulfonamides is 1. The summed E-state index contributed by atoms with van der Waals surface area (Å²) in [5.41, 5.74) is 0.317. The highest BCUT2D eigenvalue weighted by atomic mass is 32.2. The maximum absolute atomic E-state index is 12.3. The van der Waals surface area contributed by atoms with Crippen LogP contribution < -0.4 is 14.8 Å². The van der Waals surface area contributed by atoms with E-state index in [4.69, 9.17) is 4.74 Å². The van der Waals surface area contributed by atoms with Gasteiger partial charge in [0.25, 0.3) is 5.91 Å². The second-order valence-corrected chi connectivity index (χ2v) is 8.22. The fourth-order valence-electron chi connectivity index (χ4n) is 2.21. The Morgan fingerprint density at radius 1 is 1.00 bits per heavy atom. The molecule has 7 heteroatoms. The predicted octanol–water partition coefficient (Wildman–Crippen LogP) is 3.02. The molecule has 0 aliphatic heterocycles. The van der Waals surface area contributed by atoms with Gasteiger partial charge >= 0.3 is 0 Å². The number of rotatable bonds is 5. The molecule has 0 unspecified atom stereocenters. The lowest BCUT2D eigenvalue weighted by Crippen LogP contribution is -2.40. The number of anilines is 1. The van der Waals surface area contributed by atoms with E-state index in [1.807, 2.05) is 0 Å². The first kappa shape index (κ1) is 19.0. The van der Waals surface area contributed by atoms with Gasteiger partial charge in [0.15, 0.2) is 0 Å². The van der Waals surface area contributed by atoms with E-state index >= 15 is 0 Å². The molecule has 2 aromatic carbocycles. The van der Waals surface area contributed by atoms with Crippen LogP contribution in [0, 0.1) is 0 Å². The molecule has 6 nitrogen and oxygen atoms in total. The SMILES string of the molecule is COc1ccccc1C(=O)Nc1ccc(S(=O)(=O)NC(C)(C)C)cc1. The van der Waals surface area contributed by atoms with E-state index in [9.17, 15) is 13.2 Å². The molecule has 2 rings (SSSR count). The topological polar surface area (TPSA) is 84.5 Å². The Kier molecular flexibility index (Phi) is 5.49. The van der Waals surface area contributed by atoms with E-state index in [-0.39, 0.29) is 10.8 Å². The summed E-state index contributed by atoms with van der Waals surface area (Å²) >= 11 is 0. The fraction of sp³-hybridized carbons (Fsp3) is 0.278. The molecule has 0 aromatic heterocycles. The van der Waals surface area contributed by atoms with Crippen LogP contribution in [-0.4, -0.2) is 27.0 Å². The summed E-state index contributed by atoms with van der Waals surface area (Å²) in [5.74, 6) is 0.134. The lowest BCUT2D eigenvalue weighted by atomic mass is 10.1. The highest BCUT2D eigenvalue weighted by Gasteiger charge is 2.22. The Bertz CT molecular complexity index is 853.